The molecule has 2 rings (SSSR count). The minimum Gasteiger partial charge on any atom is -0.338 e. The quantitative estimate of drug-likeness (QED) is 0.815. The molecule has 114 valence electrons. The van der Waals surface area contributed by atoms with Gasteiger partial charge < -0.3 is 9.47 Å². The topological polar surface area (TPSA) is 25.2 Å². The zero-order valence-electron chi connectivity index (χ0n) is 13.9. The van der Waals surface area contributed by atoms with Gasteiger partial charge in [0.15, 0.2) is 0 Å². The Labute approximate surface area is 127 Å². The summed E-state index contributed by atoms with van der Waals surface area (Å²) in [6.07, 6.45) is 1.02. The standard InChI is InChI=1S/C18H26N2O/c1-6-14-10-11-16-15(12-14)13(5)17(20(16)9-4)18(21)19(7-2)8-3/h10-12H,6-9H2,1-5H3. The predicted octanol–water partition coefficient (Wildman–Crippen LogP) is 4.01. The highest BCUT2D eigenvalue weighted by Crippen LogP contribution is 2.28. The molecule has 0 saturated carbocycles. The molecular formula is C18H26N2O. The van der Waals surface area contributed by atoms with Crippen molar-refractivity contribution in [2.75, 3.05) is 13.1 Å². The Kier molecular flexibility index (Phi) is 4.71. The molecule has 0 radical (unpaired) electrons. The van der Waals surface area contributed by atoms with Crippen molar-refractivity contribution in [3.8, 4) is 0 Å². The number of amides is 1. The number of aromatic nitrogens is 1. The fourth-order valence-corrected chi connectivity index (χ4v) is 3.05. The molecule has 0 unspecified atom stereocenters. The van der Waals surface area contributed by atoms with Crippen LogP contribution in [0.3, 0.4) is 0 Å². The lowest BCUT2D eigenvalue weighted by Crippen LogP contribution is -2.32. The van der Waals surface area contributed by atoms with Gasteiger partial charge in [-0.2, -0.15) is 0 Å². The van der Waals surface area contributed by atoms with Crippen molar-refractivity contribution in [2.45, 2.75) is 47.6 Å². The number of carbonyl (C=O) groups excluding carboxylic acids is 1. The number of nitrogens with zero attached hydrogens (tertiary/aromatic N) is 2. The van der Waals surface area contributed by atoms with E-state index in [0.717, 1.165) is 37.3 Å². The van der Waals surface area contributed by atoms with Crippen LogP contribution >= 0.6 is 0 Å². The smallest absolute Gasteiger partial charge is 0.270 e. The lowest BCUT2D eigenvalue weighted by Gasteiger charge is -2.20. The van der Waals surface area contributed by atoms with E-state index in [1.165, 1.54) is 16.5 Å². The molecule has 0 aliphatic carbocycles. The first-order valence-electron chi connectivity index (χ1n) is 7.99. The monoisotopic (exact) mass is 286 g/mol. The van der Waals surface area contributed by atoms with E-state index in [2.05, 4.69) is 43.5 Å². The van der Waals surface area contributed by atoms with Crippen LogP contribution in [0.25, 0.3) is 10.9 Å². The molecule has 3 nitrogen and oxygen atoms in total. The van der Waals surface area contributed by atoms with Gasteiger partial charge in [-0.15, -0.1) is 0 Å². The van der Waals surface area contributed by atoms with Gasteiger partial charge in [-0.1, -0.05) is 13.0 Å². The number of hydrogen-bond acceptors (Lipinski definition) is 1. The van der Waals surface area contributed by atoms with Crippen molar-refractivity contribution in [1.82, 2.24) is 9.47 Å². The van der Waals surface area contributed by atoms with E-state index in [0.29, 0.717) is 0 Å². The molecule has 1 aromatic heterocycles. The molecule has 21 heavy (non-hydrogen) atoms. The lowest BCUT2D eigenvalue weighted by atomic mass is 10.1. The molecule has 0 N–H and O–H groups in total. The summed E-state index contributed by atoms with van der Waals surface area (Å²) >= 11 is 0. The van der Waals surface area contributed by atoms with Crippen LogP contribution in [0.1, 0.15) is 49.3 Å². The van der Waals surface area contributed by atoms with Crippen LogP contribution in [0, 0.1) is 6.92 Å². The Morgan fingerprint density at radius 3 is 2.33 bits per heavy atom. The molecule has 0 bridgehead atoms. The maximum absolute atomic E-state index is 12.8. The van der Waals surface area contributed by atoms with Crippen LogP contribution in [0.5, 0.6) is 0 Å². The van der Waals surface area contributed by atoms with Crippen molar-refractivity contribution in [2.24, 2.45) is 0 Å². The lowest BCUT2D eigenvalue weighted by molar-refractivity contribution is 0.0762. The van der Waals surface area contributed by atoms with E-state index in [1.54, 1.807) is 0 Å². The summed E-state index contributed by atoms with van der Waals surface area (Å²) in [5.74, 6) is 0.147. The zero-order valence-corrected chi connectivity index (χ0v) is 13.9. The second-order valence-electron chi connectivity index (χ2n) is 5.40. The van der Waals surface area contributed by atoms with Crippen LogP contribution in [0.15, 0.2) is 18.2 Å². The first-order chi connectivity index (χ1) is 10.1. The number of fused-ring (bicyclic) bond motifs is 1. The van der Waals surface area contributed by atoms with E-state index in [1.807, 2.05) is 18.7 Å². The van der Waals surface area contributed by atoms with Gasteiger partial charge in [0.05, 0.1) is 0 Å². The van der Waals surface area contributed by atoms with Gasteiger partial charge in [-0.25, -0.2) is 0 Å². The minimum absolute atomic E-state index is 0.147. The van der Waals surface area contributed by atoms with Gasteiger partial charge in [0.2, 0.25) is 0 Å². The summed E-state index contributed by atoms with van der Waals surface area (Å²) in [6.45, 7) is 12.7. The molecule has 1 heterocycles. The third kappa shape index (κ3) is 2.57. The first-order valence-corrected chi connectivity index (χ1v) is 7.99. The highest BCUT2D eigenvalue weighted by molar-refractivity contribution is 6.01. The SMILES string of the molecule is CCc1ccc2c(c1)c(C)c(C(=O)N(CC)CC)n2CC. The molecule has 0 aliphatic rings. The average molecular weight is 286 g/mol. The Morgan fingerprint density at radius 1 is 1.14 bits per heavy atom. The second kappa shape index (κ2) is 6.33. The number of hydrogen-bond donors (Lipinski definition) is 0. The van der Waals surface area contributed by atoms with Gasteiger partial charge in [0, 0.05) is 30.5 Å². The van der Waals surface area contributed by atoms with Gasteiger partial charge in [-0.3, -0.25) is 4.79 Å². The van der Waals surface area contributed by atoms with Gasteiger partial charge >= 0.3 is 0 Å². The van der Waals surface area contributed by atoms with E-state index >= 15 is 0 Å². The summed E-state index contributed by atoms with van der Waals surface area (Å²) < 4.78 is 2.16. The van der Waals surface area contributed by atoms with Crippen molar-refractivity contribution in [1.29, 1.82) is 0 Å². The number of rotatable bonds is 5. The molecule has 0 saturated heterocycles. The molecular weight excluding hydrogens is 260 g/mol. The Balaban J connectivity index is 2.68. The molecule has 0 spiro atoms. The van der Waals surface area contributed by atoms with Crippen molar-refractivity contribution >= 4 is 16.8 Å². The van der Waals surface area contributed by atoms with Crippen LogP contribution in [0.4, 0.5) is 0 Å². The Hall–Kier alpha value is -1.77. The molecule has 1 aromatic carbocycles. The van der Waals surface area contributed by atoms with E-state index in [4.69, 9.17) is 0 Å². The number of aryl methyl sites for hydroxylation is 3. The third-order valence-corrected chi connectivity index (χ3v) is 4.36. The van der Waals surface area contributed by atoms with Gasteiger partial charge in [0.1, 0.15) is 5.69 Å². The fraction of sp³-hybridized carbons (Fsp3) is 0.500. The Bertz CT molecular complexity index is 651. The summed E-state index contributed by atoms with van der Waals surface area (Å²) in [5.41, 5.74) is 4.45. The molecule has 0 aliphatic heterocycles. The zero-order chi connectivity index (χ0) is 15.6. The molecule has 3 heteroatoms. The highest BCUT2D eigenvalue weighted by atomic mass is 16.2. The molecule has 2 aromatic rings. The van der Waals surface area contributed by atoms with Crippen molar-refractivity contribution < 1.29 is 4.79 Å². The number of carbonyl (C=O) groups is 1. The molecule has 1 amide bonds. The van der Waals surface area contributed by atoms with Crippen molar-refractivity contribution in [3.05, 3.63) is 35.0 Å². The van der Waals surface area contributed by atoms with E-state index in [-0.39, 0.29) is 5.91 Å². The largest absolute Gasteiger partial charge is 0.338 e. The van der Waals surface area contributed by atoms with Crippen molar-refractivity contribution in [3.63, 3.8) is 0 Å². The maximum Gasteiger partial charge on any atom is 0.270 e. The first kappa shape index (κ1) is 15.6. The van der Waals surface area contributed by atoms with Gasteiger partial charge in [0.25, 0.3) is 5.91 Å². The van der Waals surface area contributed by atoms with E-state index in [9.17, 15) is 4.79 Å². The second-order valence-corrected chi connectivity index (χ2v) is 5.40. The maximum atomic E-state index is 12.8. The summed E-state index contributed by atoms with van der Waals surface area (Å²) in [5, 5.41) is 1.21. The molecule has 0 atom stereocenters. The average Bonchev–Trinajstić information content (AvgIpc) is 2.80. The van der Waals surface area contributed by atoms with Crippen LogP contribution in [-0.2, 0) is 13.0 Å². The summed E-state index contributed by atoms with van der Waals surface area (Å²) in [6, 6.07) is 6.55. The van der Waals surface area contributed by atoms with Crippen LogP contribution in [-0.4, -0.2) is 28.5 Å². The van der Waals surface area contributed by atoms with Gasteiger partial charge in [-0.05, 0) is 57.4 Å². The normalized spacial score (nSPS) is 11.1. The van der Waals surface area contributed by atoms with Crippen LogP contribution in [0.2, 0.25) is 0 Å². The van der Waals surface area contributed by atoms with E-state index < -0.39 is 0 Å². The third-order valence-electron chi connectivity index (χ3n) is 4.36. The summed E-state index contributed by atoms with van der Waals surface area (Å²) in [7, 11) is 0. The fourth-order valence-electron chi connectivity index (χ4n) is 3.05. The Morgan fingerprint density at radius 2 is 1.81 bits per heavy atom. The summed E-state index contributed by atoms with van der Waals surface area (Å²) in [4.78, 5) is 14.7. The highest BCUT2D eigenvalue weighted by Gasteiger charge is 2.22. The number of benzene rings is 1. The predicted molar refractivity (Wildman–Crippen MR) is 89.0 cm³/mol. The minimum atomic E-state index is 0.147. The molecule has 0 fully saturated rings. The van der Waals surface area contributed by atoms with Crippen LogP contribution < -0.4 is 0 Å².